The molecule has 0 amide bonds. The van der Waals surface area contributed by atoms with Gasteiger partial charge in [-0.1, -0.05) is 6.92 Å². The maximum absolute atomic E-state index is 14.1. The Morgan fingerprint density at radius 3 is 2.51 bits per heavy atom. The predicted molar refractivity (Wildman–Crippen MR) is 138 cm³/mol. The van der Waals surface area contributed by atoms with Crippen molar-refractivity contribution in [3.8, 4) is 0 Å². The topological polar surface area (TPSA) is 132 Å². The smallest absolute Gasteiger partial charge is 0.331 e. The van der Waals surface area contributed by atoms with Gasteiger partial charge in [-0.3, -0.25) is 4.79 Å². The molecule has 4 aliphatic carbocycles. The molecule has 0 aromatic carbocycles. The zero-order valence-corrected chi connectivity index (χ0v) is 23.5. The third-order valence-electron chi connectivity index (χ3n) is 12.1. The van der Waals surface area contributed by atoms with E-state index in [0.29, 0.717) is 19.3 Å². The second-order valence-corrected chi connectivity index (χ2v) is 13.6. The highest BCUT2D eigenvalue weighted by molar-refractivity contribution is 5.93. The summed E-state index contributed by atoms with van der Waals surface area (Å²) in [5.74, 6) is -1.26. The number of carbonyl (C=O) groups excluding carboxylic acids is 2. The highest BCUT2D eigenvalue weighted by Crippen LogP contribution is 2.69. The number of ketones is 1. The summed E-state index contributed by atoms with van der Waals surface area (Å²) in [7, 11) is 1.59. The molecule has 6 aliphatic rings. The van der Waals surface area contributed by atoms with Crippen molar-refractivity contribution in [1.29, 1.82) is 0 Å². The summed E-state index contributed by atoms with van der Waals surface area (Å²) >= 11 is 0. The Morgan fingerprint density at radius 2 is 1.82 bits per heavy atom. The second-order valence-electron chi connectivity index (χ2n) is 13.6. The maximum atomic E-state index is 14.1. The Hall–Kier alpha value is -1.36. The molecule has 0 unspecified atom stereocenters. The minimum atomic E-state index is -1.23. The number of aliphatic hydroxyl groups excluding tert-OH is 2. The lowest BCUT2D eigenvalue weighted by atomic mass is 9.42. The average molecular weight is 549 g/mol. The van der Waals surface area contributed by atoms with Gasteiger partial charge >= 0.3 is 5.97 Å². The van der Waals surface area contributed by atoms with Crippen molar-refractivity contribution in [1.82, 2.24) is 0 Å². The van der Waals surface area contributed by atoms with E-state index in [9.17, 15) is 24.9 Å². The van der Waals surface area contributed by atoms with Crippen LogP contribution in [0, 0.1) is 34.5 Å². The van der Waals surface area contributed by atoms with E-state index in [-0.39, 0.29) is 59.8 Å². The van der Waals surface area contributed by atoms with E-state index < -0.39 is 35.5 Å². The van der Waals surface area contributed by atoms with Gasteiger partial charge in [0, 0.05) is 25.5 Å². The Bertz CT molecular complexity index is 1040. The molecule has 1 saturated heterocycles. The zero-order chi connectivity index (χ0) is 27.9. The van der Waals surface area contributed by atoms with E-state index in [1.165, 1.54) is 6.08 Å². The lowest BCUT2D eigenvalue weighted by Crippen LogP contribution is -2.70. The fourth-order valence-corrected chi connectivity index (χ4v) is 9.86. The standard InChI is InChI=1S/C30H44O9/c1-15-25(32)21(36-4)13-23(38-15)39-18-7-9-28(2)17(12-18)5-6-20-24(28)26(33)27(34)29(3)19(8-10-30(20,29)35)16-11-22(31)37-14-16/h11,15,17-21,23-26,32-33,35H,5-10,12-14H2,1-4H3/t15-,17-,18+,19-,20-,21-,23+,24-,25+,26+,28+,29+,30+/m1/s1. The SMILES string of the molecule is CO[C@@H]1C[C@H](O[C@H]2CC[C@@]3(C)[C@H](CC[C@@H]4[C@@H]3[C@H](O)C(=O)[C@]3(C)[C@@H](C5=CC(=O)OC5)CC[C@]43O)C2)O[C@H](C)[C@@H]1O. The number of carbonyl (C=O) groups is 2. The normalized spacial score (nSPS) is 53.5. The van der Waals surface area contributed by atoms with Crippen LogP contribution in [0.3, 0.4) is 0 Å². The van der Waals surface area contributed by atoms with Crippen LogP contribution >= 0.6 is 0 Å². The molecule has 39 heavy (non-hydrogen) atoms. The molecule has 218 valence electrons. The molecular formula is C30H44O9. The van der Waals surface area contributed by atoms with E-state index in [1.54, 1.807) is 7.11 Å². The minimum Gasteiger partial charge on any atom is -0.458 e. The largest absolute Gasteiger partial charge is 0.458 e. The summed E-state index contributed by atoms with van der Waals surface area (Å²) in [6.45, 7) is 5.99. The first kappa shape index (κ1) is 27.8. The molecule has 5 fully saturated rings. The van der Waals surface area contributed by atoms with E-state index in [0.717, 1.165) is 37.7 Å². The van der Waals surface area contributed by atoms with Gasteiger partial charge in [0.15, 0.2) is 12.1 Å². The summed E-state index contributed by atoms with van der Waals surface area (Å²) in [4.78, 5) is 25.9. The van der Waals surface area contributed by atoms with Crippen molar-refractivity contribution >= 4 is 11.8 Å². The van der Waals surface area contributed by atoms with Gasteiger partial charge in [-0.25, -0.2) is 4.79 Å². The Labute approximate surface area is 230 Å². The number of hydrogen-bond acceptors (Lipinski definition) is 9. The lowest BCUT2D eigenvalue weighted by molar-refractivity contribution is -0.275. The number of cyclic esters (lactones) is 1. The van der Waals surface area contributed by atoms with Crippen molar-refractivity contribution in [3.05, 3.63) is 11.6 Å². The number of ether oxygens (including phenoxy) is 4. The molecule has 6 rings (SSSR count). The van der Waals surface area contributed by atoms with Gasteiger partial charge in [0.1, 0.15) is 18.8 Å². The first-order chi connectivity index (χ1) is 18.4. The van der Waals surface area contributed by atoms with Crippen LogP contribution in [0.2, 0.25) is 0 Å². The number of Topliss-reactive ketones (excluding diaryl/α,β-unsaturated/α-hetero) is 1. The second kappa shape index (κ2) is 9.60. The van der Waals surface area contributed by atoms with Crippen LogP contribution < -0.4 is 0 Å². The Morgan fingerprint density at radius 1 is 1.05 bits per heavy atom. The van der Waals surface area contributed by atoms with E-state index in [2.05, 4.69) is 6.92 Å². The molecule has 0 spiro atoms. The highest BCUT2D eigenvalue weighted by atomic mass is 16.7. The van der Waals surface area contributed by atoms with E-state index in [1.807, 2.05) is 13.8 Å². The number of aliphatic hydroxyl groups is 3. The molecule has 0 radical (unpaired) electrons. The van der Waals surface area contributed by atoms with Crippen LogP contribution in [-0.4, -0.2) is 83.2 Å². The number of fused-ring (bicyclic) bond motifs is 5. The van der Waals surface area contributed by atoms with Gasteiger partial charge in [0.25, 0.3) is 0 Å². The Balaban J connectivity index is 1.21. The molecule has 0 bridgehead atoms. The summed E-state index contributed by atoms with van der Waals surface area (Å²) in [5, 5.41) is 34.3. The zero-order valence-electron chi connectivity index (χ0n) is 23.5. The molecule has 9 nitrogen and oxygen atoms in total. The van der Waals surface area contributed by atoms with Crippen molar-refractivity contribution in [2.24, 2.45) is 34.5 Å². The van der Waals surface area contributed by atoms with Crippen LogP contribution in [0.1, 0.15) is 72.1 Å². The predicted octanol–water partition coefficient (Wildman–Crippen LogP) is 2.29. The van der Waals surface area contributed by atoms with Crippen LogP contribution in [0.25, 0.3) is 0 Å². The first-order valence-electron chi connectivity index (χ1n) is 14.8. The molecule has 9 heteroatoms. The monoisotopic (exact) mass is 548 g/mol. The summed E-state index contributed by atoms with van der Waals surface area (Å²) in [6, 6.07) is 0. The van der Waals surface area contributed by atoms with Gasteiger partial charge in [0.2, 0.25) is 0 Å². The van der Waals surface area contributed by atoms with Crippen LogP contribution in [0.15, 0.2) is 11.6 Å². The van der Waals surface area contributed by atoms with Crippen molar-refractivity contribution < 1.29 is 43.9 Å². The van der Waals surface area contributed by atoms with Crippen LogP contribution in [0.5, 0.6) is 0 Å². The quantitative estimate of drug-likeness (QED) is 0.358. The van der Waals surface area contributed by atoms with Crippen molar-refractivity contribution in [3.63, 3.8) is 0 Å². The molecule has 13 atom stereocenters. The third kappa shape index (κ3) is 3.94. The number of rotatable bonds is 4. The molecule has 0 aromatic heterocycles. The fourth-order valence-electron chi connectivity index (χ4n) is 9.86. The van der Waals surface area contributed by atoms with E-state index >= 15 is 0 Å². The molecule has 2 aliphatic heterocycles. The molecule has 3 N–H and O–H groups in total. The summed E-state index contributed by atoms with van der Waals surface area (Å²) < 4.78 is 23.0. The van der Waals surface area contributed by atoms with Crippen LogP contribution in [-0.2, 0) is 28.5 Å². The van der Waals surface area contributed by atoms with Gasteiger partial charge < -0.3 is 34.3 Å². The molecule has 0 aromatic rings. The summed E-state index contributed by atoms with van der Waals surface area (Å²) in [5.41, 5.74) is -1.91. The van der Waals surface area contributed by atoms with Gasteiger partial charge in [-0.05, 0) is 87.5 Å². The molecule has 2 heterocycles. The highest BCUT2D eigenvalue weighted by Gasteiger charge is 2.73. The minimum absolute atomic E-state index is 0.0166. The van der Waals surface area contributed by atoms with Gasteiger partial charge in [-0.2, -0.15) is 0 Å². The number of esters is 1. The third-order valence-corrected chi connectivity index (χ3v) is 12.1. The van der Waals surface area contributed by atoms with Crippen molar-refractivity contribution in [2.75, 3.05) is 13.7 Å². The number of methoxy groups -OCH3 is 1. The average Bonchev–Trinajstić information content (AvgIpc) is 3.45. The summed E-state index contributed by atoms with van der Waals surface area (Å²) in [6.07, 6.45) is 4.01. The van der Waals surface area contributed by atoms with Gasteiger partial charge in [-0.15, -0.1) is 0 Å². The molecular weight excluding hydrogens is 504 g/mol. The van der Waals surface area contributed by atoms with Crippen LogP contribution in [0.4, 0.5) is 0 Å². The lowest BCUT2D eigenvalue weighted by Gasteiger charge is -2.64. The van der Waals surface area contributed by atoms with E-state index in [4.69, 9.17) is 18.9 Å². The number of hydrogen-bond donors (Lipinski definition) is 3. The fraction of sp³-hybridized carbons (Fsp3) is 0.867. The van der Waals surface area contributed by atoms with Crippen molar-refractivity contribution in [2.45, 2.75) is 115 Å². The van der Waals surface area contributed by atoms with Gasteiger partial charge in [0.05, 0.1) is 29.3 Å². The Kier molecular flexibility index (Phi) is 6.84. The first-order valence-corrected chi connectivity index (χ1v) is 14.8. The molecule has 4 saturated carbocycles. The maximum Gasteiger partial charge on any atom is 0.331 e.